The Morgan fingerprint density at radius 1 is 0.750 bits per heavy atom. The highest BCUT2D eigenvalue weighted by Gasteiger charge is 2.12. The van der Waals surface area contributed by atoms with Crippen molar-refractivity contribution in [2.45, 2.75) is 4.83 Å². The van der Waals surface area contributed by atoms with Gasteiger partial charge in [-0.3, -0.25) is 0 Å². The minimum Gasteiger partial charge on any atom is -0.478 e. The second-order valence-electron chi connectivity index (χ2n) is 4.22. The quantitative estimate of drug-likeness (QED) is 0.838. The molecule has 0 unspecified atom stereocenters. The van der Waals surface area contributed by atoms with Crippen molar-refractivity contribution in [1.29, 1.82) is 0 Å². The van der Waals surface area contributed by atoms with Crippen molar-refractivity contribution in [3.05, 3.63) is 70.8 Å². The largest absolute Gasteiger partial charge is 0.478 e. The molecule has 0 aromatic heterocycles. The van der Waals surface area contributed by atoms with Gasteiger partial charge in [-0.25, -0.2) is 9.59 Å². The molecule has 0 radical (unpaired) electrons. The molecule has 0 saturated heterocycles. The summed E-state index contributed by atoms with van der Waals surface area (Å²) in [5.74, 6) is -1.93. The summed E-state index contributed by atoms with van der Waals surface area (Å²) in [6, 6.07) is 13.1. The zero-order chi connectivity index (χ0) is 14.7. The van der Waals surface area contributed by atoms with Crippen molar-refractivity contribution in [2.24, 2.45) is 0 Å². The maximum absolute atomic E-state index is 10.8. The van der Waals surface area contributed by atoms with Crippen LogP contribution in [0.25, 0.3) is 0 Å². The van der Waals surface area contributed by atoms with E-state index in [1.54, 1.807) is 24.3 Å². The van der Waals surface area contributed by atoms with E-state index in [-0.39, 0.29) is 16.0 Å². The summed E-state index contributed by atoms with van der Waals surface area (Å²) >= 11 is 3.52. The molecule has 2 aromatic rings. The Kier molecular flexibility index (Phi) is 4.20. The Labute approximate surface area is 123 Å². The van der Waals surface area contributed by atoms with Crippen molar-refractivity contribution in [2.75, 3.05) is 0 Å². The summed E-state index contributed by atoms with van der Waals surface area (Å²) in [6.07, 6.45) is 0. The van der Waals surface area contributed by atoms with Gasteiger partial charge in [-0.05, 0) is 35.4 Å². The third-order valence-electron chi connectivity index (χ3n) is 2.90. The van der Waals surface area contributed by atoms with Gasteiger partial charge in [0.1, 0.15) is 0 Å². The fourth-order valence-corrected chi connectivity index (χ4v) is 2.39. The molecule has 0 aliphatic heterocycles. The van der Waals surface area contributed by atoms with Gasteiger partial charge in [0.2, 0.25) is 0 Å². The average Bonchev–Trinajstić information content (AvgIpc) is 2.46. The van der Waals surface area contributed by atoms with Crippen molar-refractivity contribution < 1.29 is 19.8 Å². The third kappa shape index (κ3) is 3.05. The molecule has 0 heterocycles. The summed E-state index contributed by atoms with van der Waals surface area (Å²) in [7, 11) is 0. The van der Waals surface area contributed by atoms with Crippen LogP contribution in [0.3, 0.4) is 0 Å². The van der Waals surface area contributed by atoms with Gasteiger partial charge < -0.3 is 10.2 Å². The first-order valence-electron chi connectivity index (χ1n) is 5.79. The molecule has 4 nitrogen and oxygen atoms in total. The van der Waals surface area contributed by atoms with Crippen LogP contribution in [0.2, 0.25) is 0 Å². The second kappa shape index (κ2) is 5.88. The van der Waals surface area contributed by atoms with Gasteiger partial charge in [0, 0.05) is 0 Å². The van der Waals surface area contributed by atoms with Gasteiger partial charge in [0.15, 0.2) is 0 Å². The van der Waals surface area contributed by atoms with E-state index in [0.29, 0.717) is 0 Å². The highest BCUT2D eigenvalue weighted by Crippen LogP contribution is 2.30. The molecule has 0 aliphatic rings. The number of carboxylic acid groups (broad SMARTS) is 2. The highest BCUT2D eigenvalue weighted by molar-refractivity contribution is 9.09. The molecule has 0 bridgehead atoms. The van der Waals surface area contributed by atoms with Crippen molar-refractivity contribution in [1.82, 2.24) is 0 Å². The molecule has 2 N–H and O–H groups in total. The first-order valence-corrected chi connectivity index (χ1v) is 6.71. The van der Waals surface area contributed by atoms with Crippen LogP contribution in [0.4, 0.5) is 0 Å². The number of carboxylic acids is 2. The monoisotopic (exact) mass is 334 g/mol. The minimum absolute atomic E-state index is 0.117. The first kappa shape index (κ1) is 14.3. The lowest BCUT2D eigenvalue weighted by Gasteiger charge is -2.11. The number of hydrogen-bond donors (Lipinski definition) is 2. The van der Waals surface area contributed by atoms with Crippen molar-refractivity contribution >= 4 is 27.9 Å². The lowest BCUT2D eigenvalue weighted by molar-refractivity contribution is 0.0686. The number of benzene rings is 2. The predicted octanol–water partition coefficient (Wildman–Crippen LogP) is 3.57. The van der Waals surface area contributed by atoms with E-state index in [2.05, 4.69) is 15.9 Å². The van der Waals surface area contributed by atoms with E-state index < -0.39 is 11.9 Å². The van der Waals surface area contributed by atoms with Gasteiger partial charge in [-0.1, -0.05) is 40.2 Å². The third-order valence-corrected chi connectivity index (χ3v) is 3.96. The Balaban J connectivity index is 2.24. The number of hydrogen-bond acceptors (Lipinski definition) is 2. The summed E-state index contributed by atoms with van der Waals surface area (Å²) in [5.41, 5.74) is 2.26. The van der Waals surface area contributed by atoms with Gasteiger partial charge in [-0.15, -0.1) is 0 Å². The van der Waals surface area contributed by atoms with Gasteiger partial charge in [-0.2, -0.15) is 0 Å². The number of aromatic carboxylic acids is 2. The number of halogens is 1. The second-order valence-corrected chi connectivity index (χ2v) is 5.13. The predicted molar refractivity (Wildman–Crippen MR) is 77.6 cm³/mol. The van der Waals surface area contributed by atoms with Crippen molar-refractivity contribution in [3.63, 3.8) is 0 Å². The van der Waals surface area contributed by atoms with Gasteiger partial charge in [0.05, 0.1) is 16.0 Å². The van der Waals surface area contributed by atoms with Crippen molar-refractivity contribution in [3.8, 4) is 0 Å². The Hall–Kier alpha value is -2.14. The normalized spacial score (nSPS) is 10.5. The van der Waals surface area contributed by atoms with Crippen LogP contribution in [-0.2, 0) is 0 Å². The molecule has 0 fully saturated rings. The molecule has 102 valence electrons. The molecule has 20 heavy (non-hydrogen) atoms. The summed E-state index contributed by atoms with van der Waals surface area (Å²) in [6.45, 7) is 0. The van der Waals surface area contributed by atoms with Gasteiger partial charge in [0.25, 0.3) is 0 Å². The Bertz CT molecular complexity index is 574. The van der Waals surface area contributed by atoms with Crippen LogP contribution in [-0.4, -0.2) is 22.2 Å². The van der Waals surface area contributed by atoms with Crippen LogP contribution in [0.5, 0.6) is 0 Å². The summed E-state index contributed by atoms with van der Waals surface area (Å²) in [5, 5.41) is 17.7. The minimum atomic E-state index is -0.964. The molecule has 0 saturated carbocycles. The SMILES string of the molecule is O=C(O)c1ccc(C(Br)c2ccc(C(=O)O)cc2)cc1. The van der Waals surface area contributed by atoms with Crippen LogP contribution >= 0.6 is 15.9 Å². The molecule has 2 aromatic carbocycles. The highest BCUT2D eigenvalue weighted by atomic mass is 79.9. The standard InChI is InChI=1S/C15H11BrO4/c16-13(9-1-5-11(6-2-9)14(17)18)10-3-7-12(8-4-10)15(19)20/h1-8,13H,(H,17,18)(H,19,20). The fraction of sp³-hybridized carbons (Fsp3) is 0.0667. The lowest BCUT2D eigenvalue weighted by atomic mass is 10.0. The van der Waals surface area contributed by atoms with Crippen LogP contribution in [0.15, 0.2) is 48.5 Å². The molecule has 0 amide bonds. The fourth-order valence-electron chi connectivity index (χ4n) is 1.78. The van der Waals surface area contributed by atoms with Crippen LogP contribution in [0.1, 0.15) is 36.7 Å². The molecular weight excluding hydrogens is 324 g/mol. The number of rotatable bonds is 4. The Morgan fingerprint density at radius 3 is 1.30 bits per heavy atom. The Morgan fingerprint density at radius 2 is 1.05 bits per heavy atom. The average molecular weight is 335 g/mol. The first-order chi connectivity index (χ1) is 9.49. The van der Waals surface area contributed by atoms with E-state index in [0.717, 1.165) is 11.1 Å². The molecule has 0 spiro atoms. The topological polar surface area (TPSA) is 74.6 Å². The molecular formula is C15H11BrO4. The molecule has 2 rings (SSSR count). The smallest absolute Gasteiger partial charge is 0.335 e. The van der Waals surface area contributed by atoms with E-state index in [1.165, 1.54) is 24.3 Å². The van der Waals surface area contributed by atoms with E-state index in [9.17, 15) is 9.59 Å². The zero-order valence-corrected chi connectivity index (χ0v) is 11.9. The van der Waals surface area contributed by atoms with E-state index in [4.69, 9.17) is 10.2 Å². The molecule has 0 aliphatic carbocycles. The molecule has 5 heteroatoms. The zero-order valence-electron chi connectivity index (χ0n) is 10.3. The van der Waals surface area contributed by atoms with Crippen LogP contribution < -0.4 is 0 Å². The van der Waals surface area contributed by atoms with E-state index in [1.807, 2.05) is 0 Å². The molecule has 0 atom stereocenters. The summed E-state index contributed by atoms with van der Waals surface area (Å²) in [4.78, 5) is 21.5. The number of carbonyl (C=O) groups is 2. The van der Waals surface area contributed by atoms with Crippen LogP contribution in [0, 0.1) is 0 Å². The maximum atomic E-state index is 10.8. The maximum Gasteiger partial charge on any atom is 0.335 e. The summed E-state index contributed by atoms with van der Waals surface area (Å²) < 4.78 is 0. The number of alkyl halides is 1. The van der Waals surface area contributed by atoms with Gasteiger partial charge >= 0.3 is 11.9 Å². The lowest BCUT2D eigenvalue weighted by Crippen LogP contribution is -1.99. The van der Waals surface area contributed by atoms with E-state index >= 15 is 0 Å².